The fourth-order valence-corrected chi connectivity index (χ4v) is 5.35. The second-order valence-corrected chi connectivity index (χ2v) is 10.6. The van der Waals surface area contributed by atoms with Crippen LogP contribution in [0, 0.1) is 13.8 Å². The lowest BCUT2D eigenvalue weighted by Crippen LogP contribution is -2.00. The van der Waals surface area contributed by atoms with Gasteiger partial charge < -0.3 is 37.4 Å². The molecular weight excluding hydrogens is 550 g/mol. The summed E-state index contributed by atoms with van der Waals surface area (Å²) in [5.74, 6) is 2.53. The van der Waals surface area contributed by atoms with Crippen LogP contribution in [0.2, 0.25) is 0 Å². The van der Waals surface area contributed by atoms with E-state index in [1.807, 2.05) is 45.9 Å². The van der Waals surface area contributed by atoms with Crippen molar-refractivity contribution in [2.75, 3.05) is 14.2 Å². The maximum Gasteiger partial charge on any atom is 0.460 e. The molecule has 0 heterocycles. The monoisotopic (exact) mass is 580 g/mol. The first-order valence-electron chi connectivity index (χ1n) is 12.2. The molecule has 0 spiro atoms. The first kappa shape index (κ1) is 29.3. The lowest BCUT2D eigenvalue weighted by molar-refractivity contribution is 0.330. The second-order valence-electron chi connectivity index (χ2n) is 8.92. The minimum atomic E-state index is -2.39. The number of allylic oxidation sites excluding steroid dienone is 3. The number of methoxy groups -OCH3 is 2. The fraction of sp³-hybridized carbons (Fsp3) is 0.200. The Morgan fingerprint density at radius 1 is 0.625 bits per heavy atom. The highest BCUT2D eigenvalue weighted by atomic mass is 31.2. The topological polar surface area (TPSA) is 95.8 Å². The van der Waals surface area contributed by atoms with Crippen molar-refractivity contribution in [3.8, 4) is 39.9 Å². The highest BCUT2D eigenvalue weighted by Crippen LogP contribution is 2.49. The largest absolute Gasteiger partial charge is 0.497 e. The van der Waals surface area contributed by atoms with Crippen LogP contribution in [0.4, 0.5) is 0 Å². The average molecular weight is 581 g/mol. The summed E-state index contributed by atoms with van der Waals surface area (Å²) in [6.45, 7) is 7.62. The molecule has 208 valence electrons. The zero-order valence-corrected chi connectivity index (χ0v) is 24.8. The van der Waals surface area contributed by atoms with Gasteiger partial charge in [-0.15, -0.1) is 0 Å². The molecule has 3 aromatic rings. The second kappa shape index (κ2) is 13.1. The van der Waals surface area contributed by atoms with Gasteiger partial charge in [-0.3, -0.25) is 0 Å². The van der Waals surface area contributed by atoms with E-state index >= 15 is 0 Å². The van der Waals surface area contributed by atoms with E-state index < -0.39 is 17.2 Å². The maximum atomic E-state index is 10.7. The van der Waals surface area contributed by atoms with Gasteiger partial charge in [0.1, 0.15) is 28.7 Å². The van der Waals surface area contributed by atoms with E-state index in [0.717, 1.165) is 22.3 Å². The van der Waals surface area contributed by atoms with Gasteiger partial charge in [-0.2, -0.15) is 0 Å². The van der Waals surface area contributed by atoms with Crippen LogP contribution in [0.3, 0.4) is 0 Å². The van der Waals surface area contributed by atoms with Crippen LogP contribution in [-0.2, 0) is 4.52 Å². The first-order chi connectivity index (χ1) is 19.2. The molecule has 0 bridgehead atoms. The lowest BCUT2D eigenvalue weighted by Gasteiger charge is -2.20. The van der Waals surface area contributed by atoms with Gasteiger partial charge in [0, 0.05) is 16.7 Å². The standard InChI is InChI=1S/C30H30O8P2/c1-19-7-11-27(21(3)15-19)35-39(31)37-29-13-9-23(33-5)17-25(29)26-18-24(34-6)10-14-30(26)38-40(32)36-28-12-8-20(2)16-22(28)4/h7,9-11,13-18,31-32H,1-6H3. The summed E-state index contributed by atoms with van der Waals surface area (Å²) < 4.78 is 34.0. The Morgan fingerprint density at radius 2 is 1.15 bits per heavy atom. The molecule has 8 nitrogen and oxygen atoms in total. The van der Waals surface area contributed by atoms with E-state index in [4.69, 9.17) is 27.6 Å². The predicted octanol–water partition coefficient (Wildman–Crippen LogP) is 7.82. The minimum absolute atomic E-state index is 0.291. The Hall–Kier alpha value is -3.72. The van der Waals surface area contributed by atoms with Crippen molar-refractivity contribution in [3.63, 3.8) is 0 Å². The van der Waals surface area contributed by atoms with Crippen LogP contribution in [0.15, 0.2) is 89.0 Å². The van der Waals surface area contributed by atoms with Gasteiger partial charge in [0.05, 0.1) is 14.2 Å². The molecule has 0 fully saturated rings. The molecule has 0 saturated heterocycles. The van der Waals surface area contributed by atoms with Gasteiger partial charge in [-0.25, -0.2) is 0 Å². The smallest absolute Gasteiger partial charge is 0.460 e. The number of hydrogen-bond acceptors (Lipinski definition) is 8. The third kappa shape index (κ3) is 7.27. The van der Waals surface area contributed by atoms with Crippen LogP contribution in [0.25, 0.3) is 11.1 Å². The summed E-state index contributed by atoms with van der Waals surface area (Å²) in [5.41, 5.74) is 10.5. The van der Waals surface area contributed by atoms with Gasteiger partial charge in [0.2, 0.25) is 0 Å². The van der Waals surface area contributed by atoms with Crippen LogP contribution in [-0.4, -0.2) is 24.0 Å². The summed E-state index contributed by atoms with van der Waals surface area (Å²) in [5, 5.41) is 0. The zero-order chi connectivity index (χ0) is 28.8. The highest BCUT2D eigenvalue weighted by molar-refractivity contribution is 7.41. The Morgan fingerprint density at radius 3 is 1.68 bits per heavy atom. The molecule has 40 heavy (non-hydrogen) atoms. The van der Waals surface area contributed by atoms with Crippen molar-refractivity contribution in [2.45, 2.75) is 27.7 Å². The minimum Gasteiger partial charge on any atom is -0.497 e. The molecule has 10 heteroatoms. The lowest BCUT2D eigenvalue weighted by atomic mass is 10.0. The van der Waals surface area contributed by atoms with Crippen LogP contribution >= 0.6 is 17.2 Å². The van der Waals surface area contributed by atoms with Gasteiger partial charge in [-0.05, 0) is 93.1 Å². The van der Waals surface area contributed by atoms with E-state index in [-0.39, 0.29) is 0 Å². The summed E-state index contributed by atoms with van der Waals surface area (Å²) in [4.78, 5) is 21.5. The van der Waals surface area contributed by atoms with Crippen LogP contribution < -0.4 is 23.0 Å². The Kier molecular flexibility index (Phi) is 9.58. The Balaban J connectivity index is 1.66. The molecule has 0 aromatic heterocycles. The van der Waals surface area contributed by atoms with E-state index in [9.17, 15) is 9.79 Å². The number of ether oxygens (including phenoxy) is 2. The fourth-order valence-electron chi connectivity index (χ4n) is 3.90. The summed E-state index contributed by atoms with van der Waals surface area (Å²) in [6.07, 6.45) is 1.88. The van der Waals surface area contributed by atoms with Crippen molar-refractivity contribution in [1.82, 2.24) is 0 Å². The summed E-state index contributed by atoms with van der Waals surface area (Å²) in [6, 6.07) is 15.8. The van der Waals surface area contributed by atoms with E-state index in [0.29, 0.717) is 45.6 Å². The molecule has 0 saturated carbocycles. The number of benzene rings is 3. The number of aryl methyl sites for hydroxylation is 2. The average Bonchev–Trinajstić information content (AvgIpc) is 2.92. The summed E-state index contributed by atoms with van der Waals surface area (Å²) in [7, 11) is -1.65. The van der Waals surface area contributed by atoms with Crippen molar-refractivity contribution < 1.29 is 37.4 Å². The quantitative estimate of drug-likeness (QED) is 0.175. The highest BCUT2D eigenvalue weighted by Gasteiger charge is 2.23. The number of rotatable bonds is 11. The normalized spacial score (nSPS) is 13.8. The first-order valence-corrected chi connectivity index (χ1v) is 14.5. The third-order valence-electron chi connectivity index (χ3n) is 5.86. The molecule has 0 radical (unpaired) electrons. The molecule has 1 aliphatic rings. The van der Waals surface area contributed by atoms with Crippen molar-refractivity contribution in [1.29, 1.82) is 0 Å². The molecule has 4 rings (SSSR count). The molecule has 2 atom stereocenters. The van der Waals surface area contributed by atoms with Gasteiger partial charge in [-0.1, -0.05) is 23.4 Å². The van der Waals surface area contributed by atoms with Crippen molar-refractivity contribution in [2.24, 2.45) is 0 Å². The van der Waals surface area contributed by atoms with E-state index in [1.165, 1.54) is 0 Å². The molecule has 0 aliphatic heterocycles. The molecule has 1 aliphatic carbocycles. The van der Waals surface area contributed by atoms with Crippen molar-refractivity contribution in [3.05, 3.63) is 100 Å². The van der Waals surface area contributed by atoms with Gasteiger partial charge in [0.25, 0.3) is 0 Å². The van der Waals surface area contributed by atoms with Gasteiger partial charge in [0.15, 0.2) is 5.76 Å². The van der Waals surface area contributed by atoms with E-state index in [2.05, 4.69) is 11.5 Å². The SMILES string of the molecule is COc1ccc(OP(O)OC2=C=C=C(C)C=C2C)c(-c2cc(OC)ccc2OP(O)Oc2ccc(C)cc2C)c1. The van der Waals surface area contributed by atoms with E-state index in [1.54, 1.807) is 56.7 Å². The Labute approximate surface area is 236 Å². The Bertz CT molecular complexity index is 1530. The number of hydrogen-bond donors (Lipinski definition) is 2. The zero-order valence-electron chi connectivity index (χ0n) is 23.0. The van der Waals surface area contributed by atoms with Gasteiger partial charge >= 0.3 is 17.2 Å². The molecule has 0 amide bonds. The maximum absolute atomic E-state index is 10.7. The van der Waals surface area contributed by atoms with Crippen molar-refractivity contribution >= 4 is 17.2 Å². The summed E-state index contributed by atoms with van der Waals surface area (Å²) >= 11 is 0. The van der Waals surface area contributed by atoms with Crippen LogP contribution in [0.1, 0.15) is 25.0 Å². The molecule has 2 N–H and O–H groups in total. The predicted molar refractivity (Wildman–Crippen MR) is 156 cm³/mol. The molecule has 3 aromatic carbocycles. The molecule has 2 unspecified atom stereocenters. The van der Waals surface area contributed by atoms with Crippen LogP contribution in [0.5, 0.6) is 28.7 Å². The molecular formula is C30H30O8P2. The third-order valence-corrected chi connectivity index (χ3v) is 7.25.